The van der Waals surface area contributed by atoms with Gasteiger partial charge in [-0.3, -0.25) is 19.7 Å². The van der Waals surface area contributed by atoms with Crippen LogP contribution in [0.3, 0.4) is 0 Å². The summed E-state index contributed by atoms with van der Waals surface area (Å²) < 4.78 is 5.07. The van der Waals surface area contributed by atoms with Gasteiger partial charge in [0, 0.05) is 5.56 Å². The average molecular weight is 324 g/mol. The van der Waals surface area contributed by atoms with Gasteiger partial charge in [-0.25, -0.2) is 0 Å². The molecule has 0 saturated carbocycles. The first-order valence-corrected chi connectivity index (χ1v) is 7.51. The van der Waals surface area contributed by atoms with Crippen LogP contribution in [0.1, 0.15) is 10.4 Å². The fourth-order valence-electron chi connectivity index (χ4n) is 2.43. The molecule has 2 aromatic carbocycles. The smallest absolute Gasteiger partial charge is 0.252 e. The van der Waals surface area contributed by atoms with Crippen LogP contribution < -0.4 is 10.6 Å². The lowest BCUT2D eigenvalue weighted by atomic mass is 10.0. The molecule has 122 valence electrons. The zero-order valence-corrected chi connectivity index (χ0v) is 12.8. The summed E-state index contributed by atoms with van der Waals surface area (Å²) in [5.74, 6) is -1.47. The number of hydrogen-bond donors (Lipinski definition) is 2. The standard InChI is InChI=1S/C18H16N2O4/c21-16-11-24-10-15(18(23)20-16)19-17(22)14-8-4-7-13(9-14)12-5-2-1-3-6-12/h1-9,15H,10-11H2,(H,19,22)(H,20,21,23). The fraction of sp³-hybridized carbons (Fsp3) is 0.167. The van der Waals surface area contributed by atoms with Crippen molar-refractivity contribution in [3.05, 3.63) is 60.2 Å². The summed E-state index contributed by atoms with van der Waals surface area (Å²) in [7, 11) is 0. The van der Waals surface area contributed by atoms with Gasteiger partial charge in [-0.1, -0.05) is 42.5 Å². The molecular formula is C18H16N2O4. The molecule has 6 nitrogen and oxygen atoms in total. The lowest BCUT2D eigenvalue weighted by Crippen LogP contribution is -2.48. The molecule has 1 saturated heterocycles. The van der Waals surface area contributed by atoms with Crippen molar-refractivity contribution in [3.63, 3.8) is 0 Å². The summed E-state index contributed by atoms with van der Waals surface area (Å²) in [6, 6.07) is 15.9. The topological polar surface area (TPSA) is 84.5 Å². The van der Waals surface area contributed by atoms with Crippen LogP contribution in [0.25, 0.3) is 11.1 Å². The van der Waals surface area contributed by atoms with Crippen LogP contribution in [0.5, 0.6) is 0 Å². The van der Waals surface area contributed by atoms with Crippen LogP contribution in [0.15, 0.2) is 54.6 Å². The summed E-state index contributed by atoms with van der Waals surface area (Å²) in [4.78, 5) is 35.5. The van der Waals surface area contributed by atoms with E-state index in [4.69, 9.17) is 4.74 Å². The molecule has 0 spiro atoms. The van der Waals surface area contributed by atoms with Gasteiger partial charge in [0.05, 0.1) is 6.61 Å². The van der Waals surface area contributed by atoms with Crippen LogP contribution in [0.2, 0.25) is 0 Å². The quantitative estimate of drug-likeness (QED) is 0.829. The molecule has 2 N–H and O–H groups in total. The third-order valence-corrected chi connectivity index (χ3v) is 3.63. The first kappa shape index (κ1) is 15.9. The average Bonchev–Trinajstić information content (AvgIpc) is 2.76. The van der Waals surface area contributed by atoms with Gasteiger partial charge >= 0.3 is 0 Å². The molecule has 1 unspecified atom stereocenters. The highest BCUT2D eigenvalue weighted by atomic mass is 16.5. The van der Waals surface area contributed by atoms with Crippen molar-refractivity contribution in [1.82, 2.24) is 10.6 Å². The van der Waals surface area contributed by atoms with Gasteiger partial charge in [0.25, 0.3) is 17.7 Å². The van der Waals surface area contributed by atoms with Gasteiger partial charge in [-0.15, -0.1) is 0 Å². The predicted octanol–water partition coefficient (Wildman–Crippen LogP) is 1.12. The number of ether oxygens (including phenoxy) is 1. The Hall–Kier alpha value is -2.99. The second-order valence-electron chi connectivity index (χ2n) is 5.40. The molecule has 0 radical (unpaired) electrons. The van der Waals surface area contributed by atoms with E-state index in [9.17, 15) is 14.4 Å². The van der Waals surface area contributed by atoms with Crippen molar-refractivity contribution in [2.75, 3.05) is 13.2 Å². The maximum Gasteiger partial charge on any atom is 0.252 e. The molecule has 1 heterocycles. The zero-order chi connectivity index (χ0) is 16.9. The lowest BCUT2D eigenvalue weighted by molar-refractivity contribution is -0.130. The highest BCUT2D eigenvalue weighted by Gasteiger charge is 2.26. The van der Waals surface area contributed by atoms with Crippen molar-refractivity contribution in [2.45, 2.75) is 6.04 Å². The Morgan fingerprint density at radius 1 is 1.04 bits per heavy atom. The third-order valence-electron chi connectivity index (χ3n) is 3.63. The zero-order valence-electron chi connectivity index (χ0n) is 12.8. The van der Waals surface area contributed by atoms with Crippen LogP contribution in [0, 0.1) is 0 Å². The normalized spacial score (nSPS) is 17.8. The largest absolute Gasteiger partial charge is 0.369 e. The Morgan fingerprint density at radius 2 is 1.79 bits per heavy atom. The van der Waals surface area contributed by atoms with Gasteiger partial charge < -0.3 is 10.1 Å². The molecule has 1 aliphatic heterocycles. The molecule has 3 amide bonds. The van der Waals surface area contributed by atoms with Crippen molar-refractivity contribution >= 4 is 17.7 Å². The summed E-state index contributed by atoms with van der Waals surface area (Å²) >= 11 is 0. The minimum Gasteiger partial charge on any atom is -0.369 e. The molecule has 1 fully saturated rings. The summed E-state index contributed by atoms with van der Waals surface area (Å²) in [6.07, 6.45) is 0. The van der Waals surface area contributed by atoms with Gasteiger partial charge in [0.15, 0.2) is 0 Å². The molecule has 3 rings (SSSR count). The van der Waals surface area contributed by atoms with E-state index < -0.39 is 23.8 Å². The molecule has 1 atom stereocenters. The van der Waals surface area contributed by atoms with E-state index in [1.54, 1.807) is 18.2 Å². The Balaban J connectivity index is 1.76. The summed E-state index contributed by atoms with van der Waals surface area (Å²) in [5.41, 5.74) is 2.33. The molecule has 0 aromatic heterocycles. The van der Waals surface area contributed by atoms with Crippen LogP contribution in [-0.2, 0) is 14.3 Å². The van der Waals surface area contributed by atoms with Crippen LogP contribution >= 0.6 is 0 Å². The third kappa shape index (κ3) is 3.67. The van der Waals surface area contributed by atoms with Crippen LogP contribution in [0.4, 0.5) is 0 Å². The van der Waals surface area contributed by atoms with E-state index in [2.05, 4.69) is 10.6 Å². The molecule has 0 aliphatic carbocycles. The van der Waals surface area contributed by atoms with Gasteiger partial charge in [0.2, 0.25) is 0 Å². The SMILES string of the molecule is O=C1COCC(NC(=O)c2cccc(-c3ccccc3)c2)C(=O)N1. The second-order valence-corrected chi connectivity index (χ2v) is 5.40. The van der Waals surface area contributed by atoms with E-state index in [1.165, 1.54) is 0 Å². The van der Waals surface area contributed by atoms with Gasteiger partial charge in [-0.2, -0.15) is 0 Å². The minimum absolute atomic E-state index is 0.0400. The fourth-order valence-corrected chi connectivity index (χ4v) is 2.43. The number of carbonyl (C=O) groups excluding carboxylic acids is 3. The Bertz CT molecular complexity index is 774. The highest BCUT2D eigenvalue weighted by molar-refractivity contribution is 6.03. The van der Waals surface area contributed by atoms with E-state index in [0.29, 0.717) is 5.56 Å². The first-order chi connectivity index (χ1) is 11.6. The van der Waals surface area contributed by atoms with Crippen molar-refractivity contribution in [1.29, 1.82) is 0 Å². The molecule has 6 heteroatoms. The number of rotatable bonds is 3. The second kappa shape index (κ2) is 7.06. The Labute approximate surface area is 138 Å². The van der Waals surface area contributed by atoms with E-state index in [0.717, 1.165) is 11.1 Å². The Morgan fingerprint density at radius 3 is 2.58 bits per heavy atom. The summed E-state index contributed by atoms with van der Waals surface area (Å²) in [5, 5.41) is 4.76. The van der Waals surface area contributed by atoms with Crippen molar-refractivity contribution in [3.8, 4) is 11.1 Å². The molecule has 1 aliphatic rings. The minimum atomic E-state index is -0.899. The molecule has 2 aromatic rings. The van der Waals surface area contributed by atoms with Crippen LogP contribution in [-0.4, -0.2) is 37.0 Å². The summed E-state index contributed by atoms with van der Waals surface area (Å²) in [6.45, 7) is -0.233. The highest BCUT2D eigenvalue weighted by Crippen LogP contribution is 2.20. The van der Waals surface area contributed by atoms with Crippen molar-refractivity contribution < 1.29 is 19.1 Å². The predicted molar refractivity (Wildman–Crippen MR) is 87.1 cm³/mol. The molecule has 24 heavy (non-hydrogen) atoms. The number of imide groups is 1. The maximum absolute atomic E-state index is 12.4. The number of hydrogen-bond acceptors (Lipinski definition) is 4. The van der Waals surface area contributed by atoms with E-state index >= 15 is 0 Å². The number of carbonyl (C=O) groups is 3. The monoisotopic (exact) mass is 324 g/mol. The first-order valence-electron chi connectivity index (χ1n) is 7.51. The van der Waals surface area contributed by atoms with Gasteiger partial charge in [-0.05, 0) is 23.3 Å². The lowest BCUT2D eigenvalue weighted by Gasteiger charge is -2.14. The molecule has 0 bridgehead atoms. The maximum atomic E-state index is 12.4. The Kier molecular flexibility index (Phi) is 4.67. The van der Waals surface area contributed by atoms with Gasteiger partial charge in [0.1, 0.15) is 12.6 Å². The molecular weight excluding hydrogens is 308 g/mol. The van der Waals surface area contributed by atoms with E-state index in [1.807, 2.05) is 36.4 Å². The number of nitrogens with one attached hydrogen (secondary N) is 2. The number of benzene rings is 2. The number of amides is 3. The van der Waals surface area contributed by atoms with Crippen molar-refractivity contribution in [2.24, 2.45) is 0 Å². The van der Waals surface area contributed by atoms with E-state index in [-0.39, 0.29) is 13.2 Å².